The number of hydrazone groups is 1. The highest BCUT2D eigenvalue weighted by molar-refractivity contribution is 6.01. The van der Waals surface area contributed by atoms with Gasteiger partial charge in [0.15, 0.2) is 17.1 Å². The van der Waals surface area contributed by atoms with Crippen LogP contribution in [0.25, 0.3) is 21.9 Å². The zero-order chi connectivity index (χ0) is 21.9. The van der Waals surface area contributed by atoms with Crippen molar-refractivity contribution < 1.29 is 13.9 Å². The predicted octanol–water partition coefficient (Wildman–Crippen LogP) is 5.21. The summed E-state index contributed by atoms with van der Waals surface area (Å²) in [5, 5.41) is 6.03. The number of ether oxygens (including phenoxy) is 1. The van der Waals surface area contributed by atoms with Crippen LogP contribution in [0.5, 0.6) is 5.75 Å². The Balaban J connectivity index is 1.38. The molecule has 1 N–H and O–H groups in total. The number of nitrogens with zero attached hydrogens (tertiary/aromatic N) is 2. The normalized spacial score (nSPS) is 11.4. The average Bonchev–Trinajstić information content (AvgIpc) is 3.42. The van der Waals surface area contributed by atoms with E-state index in [2.05, 4.69) is 33.3 Å². The summed E-state index contributed by atoms with van der Waals surface area (Å²) in [7, 11) is 1.57. The van der Waals surface area contributed by atoms with Gasteiger partial charge in [-0.3, -0.25) is 4.79 Å². The van der Waals surface area contributed by atoms with Crippen LogP contribution in [0.4, 0.5) is 0 Å². The summed E-state index contributed by atoms with van der Waals surface area (Å²) < 4.78 is 13.1. The minimum absolute atomic E-state index is 0.174. The molecule has 0 atom stereocenters. The maximum absolute atomic E-state index is 12.5. The number of rotatable bonds is 6. The van der Waals surface area contributed by atoms with Crippen LogP contribution in [0.3, 0.4) is 0 Å². The lowest BCUT2D eigenvalue weighted by Crippen LogP contribution is -2.16. The van der Waals surface area contributed by atoms with Crippen molar-refractivity contribution in [3.8, 4) is 5.75 Å². The van der Waals surface area contributed by atoms with Gasteiger partial charge in [0.05, 0.1) is 13.3 Å². The van der Waals surface area contributed by atoms with E-state index in [0.717, 1.165) is 28.4 Å². The molecule has 0 aliphatic rings. The molecule has 0 aliphatic heterocycles. The number of carbonyl (C=O) groups is 1. The molecule has 6 heteroatoms. The van der Waals surface area contributed by atoms with E-state index in [9.17, 15) is 4.79 Å². The van der Waals surface area contributed by atoms with Gasteiger partial charge in [-0.15, -0.1) is 0 Å². The second-order valence-electron chi connectivity index (χ2n) is 7.40. The lowest BCUT2D eigenvalue weighted by Gasteiger charge is -2.05. The van der Waals surface area contributed by atoms with Crippen LogP contribution in [-0.2, 0) is 6.54 Å². The summed E-state index contributed by atoms with van der Waals surface area (Å²) in [5.74, 6) is 0.331. The summed E-state index contributed by atoms with van der Waals surface area (Å²) in [6, 6.07) is 25.6. The van der Waals surface area contributed by atoms with Crippen LogP contribution >= 0.6 is 0 Å². The fourth-order valence-corrected chi connectivity index (χ4v) is 3.81. The molecule has 5 aromatic rings. The van der Waals surface area contributed by atoms with Crippen molar-refractivity contribution >= 4 is 34.0 Å². The van der Waals surface area contributed by atoms with Crippen LogP contribution in [0, 0.1) is 0 Å². The van der Waals surface area contributed by atoms with Gasteiger partial charge in [-0.2, -0.15) is 5.10 Å². The van der Waals surface area contributed by atoms with Gasteiger partial charge in [0.1, 0.15) is 0 Å². The standard InChI is InChI=1S/C26H21N3O3/c1-31-23-13-7-10-19-14-24(32-25(19)23)26(30)28-27-15-20-17-29(16-18-8-3-2-4-9-18)22-12-6-5-11-21(20)22/h2-15,17H,16H2,1H3,(H,28,30)/b27-15-. The number of hydrogen-bond donors (Lipinski definition) is 1. The Hall–Kier alpha value is -4.32. The SMILES string of the molecule is COc1cccc2cc(C(=O)N/N=C\c3cn(Cc4ccccc4)c4ccccc34)oc12. The number of nitrogens with one attached hydrogen (secondary N) is 1. The lowest BCUT2D eigenvalue weighted by molar-refractivity contribution is 0.0929. The molecule has 158 valence electrons. The van der Waals surface area contributed by atoms with Crippen LogP contribution < -0.4 is 10.2 Å². The molecular weight excluding hydrogens is 402 g/mol. The van der Waals surface area contributed by atoms with Gasteiger partial charge in [-0.1, -0.05) is 60.7 Å². The predicted molar refractivity (Wildman–Crippen MR) is 125 cm³/mol. The summed E-state index contributed by atoms with van der Waals surface area (Å²) in [4.78, 5) is 12.5. The minimum atomic E-state index is -0.424. The van der Waals surface area contributed by atoms with Gasteiger partial charge in [-0.05, 0) is 23.8 Å². The van der Waals surface area contributed by atoms with Crippen LogP contribution in [-0.4, -0.2) is 23.8 Å². The van der Waals surface area contributed by atoms with Crippen LogP contribution in [0.15, 0.2) is 94.6 Å². The van der Waals surface area contributed by atoms with Gasteiger partial charge in [0.2, 0.25) is 0 Å². The third-order valence-corrected chi connectivity index (χ3v) is 5.34. The molecule has 2 heterocycles. The van der Waals surface area contributed by atoms with Crippen molar-refractivity contribution in [2.75, 3.05) is 7.11 Å². The first-order chi connectivity index (χ1) is 15.7. The smallest absolute Gasteiger partial charge is 0.307 e. The van der Waals surface area contributed by atoms with Crippen molar-refractivity contribution in [3.05, 3.63) is 102 Å². The summed E-state index contributed by atoms with van der Waals surface area (Å²) in [6.45, 7) is 0.752. The average molecular weight is 423 g/mol. The van der Waals surface area contributed by atoms with Crippen LogP contribution in [0.2, 0.25) is 0 Å². The fraction of sp³-hybridized carbons (Fsp3) is 0.0769. The molecule has 3 aromatic carbocycles. The molecule has 32 heavy (non-hydrogen) atoms. The van der Waals surface area contributed by atoms with Crippen molar-refractivity contribution in [2.24, 2.45) is 5.10 Å². The molecule has 0 saturated heterocycles. The van der Waals surface area contributed by atoms with E-state index in [4.69, 9.17) is 9.15 Å². The van der Waals surface area contributed by atoms with Crippen molar-refractivity contribution in [1.29, 1.82) is 0 Å². The Kier molecular flexibility index (Phi) is 5.17. The van der Waals surface area contributed by atoms with Gasteiger partial charge < -0.3 is 13.7 Å². The van der Waals surface area contributed by atoms with E-state index in [1.807, 2.05) is 54.7 Å². The summed E-state index contributed by atoms with van der Waals surface area (Å²) in [6.07, 6.45) is 3.70. The van der Waals surface area contributed by atoms with Gasteiger partial charge in [0, 0.05) is 34.6 Å². The molecule has 0 spiro atoms. The molecule has 2 aromatic heterocycles. The van der Waals surface area contributed by atoms with Crippen molar-refractivity contribution in [2.45, 2.75) is 6.54 Å². The van der Waals surface area contributed by atoms with E-state index in [1.54, 1.807) is 25.5 Å². The molecule has 1 amide bonds. The van der Waals surface area contributed by atoms with E-state index in [-0.39, 0.29) is 5.76 Å². The molecule has 0 bridgehead atoms. The van der Waals surface area contributed by atoms with E-state index in [1.165, 1.54) is 5.56 Å². The van der Waals surface area contributed by atoms with Gasteiger partial charge in [-0.25, -0.2) is 5.43 Å². The van der Waals surface area contributed by atoms with E-state index >= 15 is 0 Å². The van der Waals surface area contributed by atoms with Crippen molar-refractivity contribution in [1.82, 2.24) is 9.99 Å². The first-order valence-corrected chi connectivity index (χ1v) is 10.2. The second kappa shape index (κ2) is 8.43. The fourth-order valence-electron chi connectivity index (χ4n) is 3.81. The van der Waals surface area contributed by atoms with E-state index < -0.39 is 5.91 Å². The molecule has 0 saturated carbocycles. The molecule has 5 rings (SSSR count). The first-order valence-electron chi connectivity index (χ1n) is 10.2. The first kappa shape index (κ1) is 19.6. The maximum Gasteiger partial charge on any atom is 0.307 e. The number of carbonyl (C=O) groups excluding carboxylic acids is 1. The minimum Gasteiger partial charge on any atom is -0.493 e. The zero-order valence-corrected chi connectivity index (χ0v) is 17.5. The number of methoxy groups -OCH3 is 1. The van der Waals surface area contributed by atoms with E-state index in [0.29, 0.717) is 11.3 Å². The number of benzene rings is 3. The third-order valence-electron chi connectivity index (χ3n) is 5.34. The zero-order valence-electron chi connectivity index (χ0n) is 17.5. The molecule has 0 unspecified atom stereocenters. The van der Waals surface area contributed by atoms with Gasteiger partial charge in [0.25, 0.3) is 0 Å². The molecule has 0 aliphatic carbocycles. The largest absolute Gasteiger partial charge is 0.493 e. The Morgan fingerprint density at radius 1 is 1.06 bits per heavy atom. The Morgan fingerprint density at radius 3 is 2.72 bits per heavy atom. The highest BCUT2D eigenvalue weighted by Gasteiger charge is 2.14. The number of furan rings is 1. The van der Waals surface area contributed by atoms with Crippen molar-refractivity contribution in [3.63, 3.8) is 0 Å². The Morgan fingerprint density at radius 2 is 1.88 bits per heavy atom. The molecular formula is C26H21N3O3. The molecule has 6 nitrogen and oxygen atoms in total. The van der Waals surface area contributed by atoms with Gasteiger partial charge >= 0.3 is 5.91 Å². The third kappa shape index (κ3) is 3.74. The number of hydrogen-bond acceptors (Lipinski definition) is 4. The molecule has 0 fully saturated rings. The summed E-state index contributed by atoms with van der Waals surface area (Å²) >= 11 is 0. The molecule has 0 radical (unpaired) electrons. The number of aromatic nitrogens is 1. The number of para-hydroxylation sites is 2. The topological polar surface area (TPSA) is 68.8 Å². The van der Waals surface area contributed by atoms with Crippen LogP contribution in [0.1, 0.15) is 21.7 Å². The Labute approximate surface area is 184 Å². The number of fused-ring (bicyclic) bond motifs is 2. The highest BCUT2D eigenvalue weighted by atomic mass is 16.5. The quantitative estimate of drug-likeness (QED) is 0.301. The summed E-state index contributed by atoms with van der Waals surface area (Å²) in [5.41, 5.74) is 6.33. The highest BCUT2D eigenvalue weighted by Crippen LogP contribution is 2.28. The number of amides is 1. The Bertz CT molecular complexity index is 1430. The lowest BCUT2D eigenvalue weighted by atomic mass is 10.2. The maximum atomic E-state index is 12.5. The monoisotopic (exact) mass is 423 g/mol. The second-order valence-corrected chi connectivity index (χ2v) is 7.40.